The van der Waals surface area contributed by atoms with Gasteiger partial charge >= 0.3 is 0 Å². The normalized spacial score (nSPS) is 12.2. The summed E-state index contributed by atoms with van der Waals surface area (Å²) in [6.45, 7) is 3.89. The predicted octanol–water partition coefficient (Wildman–Crippen LogP) is 2.30. The minimum absolute atomic E-state index is 0.00988. The van der Waals surface area contributed by atoms with Crippen molar-refractivity contribution in [1.29, 1.82) is 0 Å². The summed E-state index contributed by atoms with van der Waals surface area (Å²) in [7, 11) is 1.63. The molecule has 1 rings (SSSR count). The van der Waals surface area contributed by atoms with Gasteiger partial charge in [-0.3, -0.25) is 4.79 Å². The summed E-state index contributed by atoms with van der Waals surface area (Å²) >= 11 is 0. The molecule has 1 atom stereocenters. The van der Waals surface area contributed by atoms with E-state index in [1.165, 1.54) is 6.92 Å². The molecule has 3 heteroatoms. The van der Waals surface area contributed by atoms with Crippen molar-refractivity contribution in [1.82, 2.24) is 0 Å². The van der Waals surface area contributed by atoms with E-state index in [9.17, 15) is 4.79 Å². The summed E-state index contributed by atoms with van der Waals surface area (Å²) in [6.07, 6.45) is 0.0185. The average Bonchev–Trinajstić information content (AvgIpc) is 2.26. The second kappa shape index (κ2) is 5.51. The number of hydrogen-bond acceptors (Lipinski definition) is 3. The van der Waals surface area contributed by atoms with Crippen LogP contribution in [0.15, 0.2) is 24.3 Å². The molecule has 0 N–H and O–H groups in total. The van der Waals surface area contributed by atoms with Crippen molar-refractivity contribution in [3.63, 3.8) is 0 Å². The van der Waals surface area contributed by atoms with Gasteiger partial charge in [0.05, 0.1) is 11.7 Å². The lowest BCUT2D eigenvalue weighted by atomic mass is 10.1. The fraction of sp³-hybridized carbons (Fsp3) is 0.417. The van der Waals surface area contributed by atoms with Crippen LogP contribution in [0.4, 0.5) is 0 Å². The molecule has 1 unspecified atom stereocenters. The molecule has 0 bridgehead atoms. The number of rotatable bonds is 5. The molecule has 0 saturated carbocycles. The average molecular weight is 208 g/mol. The maximum Gasteiger partial charge on any atom is 0.163 e. The van der Waals surface area contributed by atoms with E-state index >= 15 is 0 Å². The zero-order valence-electron chi connectivity index (χ0n) is 9.32. The molecule has 0 radical (unpaired) electrons. The molecule has 0 aliphatic carbocycles. The highest BCUT2D eigenvalue weighted by Gasteiger charge is 2.08. The van der Waals surface area contributed by atoms with Gasteiger partial charge < -0.3 is 9.47 Å². The van der Waals surface area contributed by atoms with Crippen molar-refractivity contribution >= 4 is 5.78 Å². The first-order chi connectivity index (χ1) is 7.15. The van der Waals surface area contributed by atoms with Crippen LogP contribution >= 0.6 is 0 Å². The summed E-state index contributed by atoms with van der Waals surface area (Å²) in [5, 5.41) is 0. The minimum Gasteiger partial charge on any atom is -0.490 e. The van der Waals surface area contributed by atoms with E-state index in [1.807, 2.05) is 19.1 Å². The molecule has 0 spiro atoms. The van der Waals surface area contributed by atoms with Crippen molar-refractivity contribution in [2.45, 2.75) is 20.0 Å². The molecule has 15 heavy (non-hydrogen) atoms. The molecule has 0 amide bonds. The van der Waals surface area contributed by atoms with Crippen LogP contribution in [0.3, 0.4) is 0 Å². The van der Waals surface area contributed by atoms with E-state index in [2.05, 4.69) is 0 Å². The Morgan fingerprint density at radius 2 is 2.07 bits per heavy atom. The number of ketones is 1. The van der Waals surface area contributed by atoms with Gasteiger partial charge in [-0.1, -0.05) is 12.1 Å². The van der Waals surface area contributed by atoms with Gasteiger partial charge in [0.15, 0.2) is 5.78 Å². The van der Waals surface area contributed by atoms with Crippen molar-refractivity contribution in [2.75, 3.05) is 13.7 Å². The van der Waals surface area contributed by atoms with Gasteiger partial charge in [0, 0.05) is 7.11 Å². The molecule has 0 aliphatic rings. The molecular formula is C12H16O3. The number of benzene rings is 1. The third-order valence-electron chi connectivity index (χ3n) is 2.14. The summed E-state index contributed by atoms with van der Waals surface area (Å²) in [4.78, 5) is 11.3. The van der Waals surface area contributed by atoms with E-state index in [0.29, 0.717) is 17.9 Å². The molecule has 82 valence electrons. The van der Waals surface area contributed by atoms with Crippen molar-refractivity contribution in [3.05, 3.63) is 29.8 Å². The van der Waals surface area contributed by atoms with Crippen molar-refractivity contribution in [2.24, 2.45) is 0 Å². The summed E-state index contributed by atoms with van der Waals surface area (Å²) in [6, 6.07) is 7.22. The van der Waals surface area contributed by atoms with E-state index in [1.54, 1.807) is 19.2 Å². The minimum atomic E-state index is 0.00988. The van der Waals surface area contributed by atoms with Crippen LogP contribution in [0.25, 0.3) is 0 Å². The molecule has 1 aromatic carbocycles. The maximum atomic E-state index is 11.3. The topological polar surface area (TPSA) is 35.5 Å². The highest BCUT2D eigenvalue weighted by Crippen LogP contribution is 2.18. The van der Waals surface area contributed by atoms with Crippen LogP contribution in [0, 0.1) is 0 Å². The number of carbonyl (C=O) groups is 1. The van der Waals surface area contributed by atoms with Gasteiger partial charge in [-0.05, 0) is 26.0 Å². The zero-order valence-corrected chi connectivity index (χ0v) is 9.32. The van der Waals surface area contributed by atoms with Crippen molar-refractivity contribution < 1.29 is 14.3 Å². The molecule has 0 fully saturated rings. The Bertz CT molecular complexity index is 333. The van der Waals surface area contributed by atoms with Gasteiger partial charge in [0.1, 0.15) is 12.4 Å². The molecule has 3 nitrogen and oxygen atoms in total. The van der Waals surface area contributed by atoms with E-state index < -0.39 is 0 Å². The molecule has 0 saturated heterocycles. The van der Waals surface area contributed by atoms with Crippen LogP contribution < -0.4 is 4.74 Å². The summed E-state index contributed by atoms with van der Waals surface area (Å²) in [5.41, 5.74) is 0.612. The first-order valence-electron chi connectivity index (χ1n) is 4.90. The Hall–Kier alpha value is -1.35. The van der Waals surface area contributed by atoms with Gasteiger partial charge in [0.2, 0.25) is 0 Å². The summed E-state index contributed by atoms with van der Waals surface area (Å²) < 4.78 is 10.6. The number of methoxy groups -OCH3 is 1. The fourth-order valence-electron chi connectivity index (χ4n) is 1.16. The standard InChI is InChI=1S/C12H16O3/c1-9(14-3)8-15-12-7-5-4-6-11(12)10(2)13/h4-7,9H,8H2,1-3H3. The highest BCUT2D eigenvalue weighted by molar-refractivity contribution is 5.96. The van der Waals surface area contributed by atoms with E-state index in [0.717, 1.165) is 0 Å². The second-order valence-electron chi connectivity index (χ2n) is 3.41. The third kappa shape index (κ3) is 3.36. The Labute approximate surface area is 90.0 Å². The van der Waals surface area contributed by atoms with Crippen molar-refractivity contribution in [3.8, 4) is 5.75 Å². The van der Waals surface area contributed by atoms with E-state index in [4.69, 9.17) is 9.47 Å². The highest BCUT2D eigenvalue weighted by atomic mass is 16.5. The van der Waals surface area contributed by atoms with Gasteiger partial charge in [-0.15, -0.1) is 0 Å². The van der Waals surface area contributed by atoms with E-state index in [-0.39, 0.29) is 11.9 Å². The molecule has 0 heterocycles. The molecule has 0 aliphatic heterocycles. The smallest absolute Gasteiger partial charge is 0.163 e. The first kappa shape index (κ1) is 11.7. The number of Topliss-reactive ketones (excluding diaryl/α,β-unsaturated/α-hetero) is 1. The lowest BCUT2D eigenvalue weighted by molar-refractivity contribution is 0.0708. The quantitative estimate of drug-likeness (QED) is 0.696. The van der Waals surface area contributed by atoms with Gasteiger partial charge in [0.25, 0.3) is 0 Å². The van der Waals surface area contributed by atoms with Crippen LogP contribution in [0.5, 0.6) is 5.75 Å². The van der Waals surface area contributed by atoms with Crippen LogP contribution in [-0.2, 0) is 4.74 Å². The lowest BCUT2D eigenvalue weighted by Crippen LogP contribution is -2.16. The Balaban J connectivity index is 2.72. The Kier molecular flexibility index (Phi) is 4.31. The number of para-hydroxylation sites is 1. The Morgan fingerprint density at radius 3 is 2.67 bits per heavy atom. The van der Waals surface area contributed by atoms with Gasteiger partial charge in [-0.2, -0.15) is 0 Å². The molecular weight excluding hydrogens is 192 g/mol. The number of carbonyl (C=O) groups excluding carboxylic acids is 1. The number of hydrogen-bond donors (Lipinski definition) is 0. The summed E-state index contributed by atoms with van der Waals surface area (Å²) in [5.74, 6) is 0.629. The second-order valence-corrected chi connectivity index (χ2v) is 3.41. The fourth-order valence-corrected chi connectivity index (χ4v) is 1.16. The molecule has 0 aromatic heterocycles. The lowest BCUT2D eigenvalue weighted by Gasteiger charge is -2.13. The largest absolute Gasteiger partial charge is 0.490 e. The van der Waals surface area contributed by atoms with Crippen LogP contribution in [0.1, 0.15) is 24.2 Å². The van der Waals surface area contributed by atoms with Gasteiger partial charge in [-0.25, -0.2) is 0 Å². The zero-order chi connectivity index (χ0) is 11.3. The SMILES string of the molecule is COC(C)COc1ccccc1C(C)=O. The first-order valence-corrected chi connectivity index (χ1v) is 4.90. The Morgan fingerprint density at radius 1 is 1.40 bits per heavy atom. The predicted molar refractivity (Wildman–Crippen MR) is 58.4 cm³/mol. The van der Waals surface area contributed by atoms with Crippen LogP contribution in [-0.4, -0.2) is 25.6 Å². The number of ether oxygens (including phenoxy) is 2. The monoisotopic (exact) mass is 208 g/mol. The maximum absolute atomic E-state index is 11.3. The third-order valence-corrected chi connectivity index (χ3v) is 2.14. The van der Waals surface area contributed by atoms with Crippen LogP contribution in [0.2, 0.25) is 0 Å². The molecule has 1 aromatic rings.